The molecule has 0 aromatic carbocycles. The van der Waals surface area contributed by atoms with Gasteiger partial charge in [-0.25, -0.2) is 15.0 Å². The Balaban J connectivity index is 1.93. The van der Waals surface area contributed by atoms with E-state index in [1.165, 1.54) is 12.3 Å². The van der Waals surface area contributed by atoms with Gasteiger partial charge in [0.25, 0.3) is 0 Å². The van der Waals surface area contributed by atoms with Crippen LogP contribution in [0, 0.1) is 12.9 Å². The summed E-state index contributed by atoms with van der Waals surface area (Å²) in [5.74, 6) is 1.36. The first-order valence-electron chi connectivity index (χ1n) is 7.61. The number of ether oxygens (including phenoxy) is 1. The molecule has 0 radical (unpaired) electrons. The number of rotatable bonds is 5. The fraction of sp³-hybridized carbons (Fsp3) is 0.167. The first kappa shape index (κ1) is 15.9. The summed E-state index contributed by atoms with van der Waals surface area (Å²) in [6.07, 6.45) is 3.16. The molecule has 0 fully saturated rings. The van der Waals surface area contributed by atoms with Gasteiger partial charge in [-0.1, -0.05) is 6.07 Å². The molecule has 0 unspecified atom stereocenters. The van der Waals surface area contributed by atoms with Gasteiger partial charge in [-0.2, -0.15) is 4.39 Å². The average Bonchev–Trinajstić information content (AvgIpc) is 2.57. The maximum atomic E-state index is 13.0. The van der Waals surface area contributed by atoms with Crippen LogP contribution in [0.15, 0.2) is 48.8 Å². The molecule has 3 aromatic rings. The van der Waals surface area contributed by atoms with Gasteiger partial charge in [0.2, 0.25) is 5.95 Å². The predicted molar refractivity (Wildman–Crippen MR) is 90.9 cm³/mol. The zero-order chi connectivity index (χ0) is 16.9. The zero-order valence-corrected chi connectivity index (χ0v) is 13.5. The van der Waals surface area contributed by atoms with Crippen LogP contribution in [0.2, 0.25) is 0 Å². The van der Waals surface area contributed by atoms with Gasteiger partial charge in [-0.05, 0) is 44.2 Å². The van der Waals surface area contributed by atoms with Crippen LogP contribution in [0.25, 0.3) is 11.1 Å². The molecule has 0 aliphatic heterocycles. The fourth-order valence-corrected chi connectivity index (χ4v) is 2.24. The van der Waals surface area contributed by atoms with E-state index in [-0.39, 0.29) is 0 Å². The number of hydrogen-bond acceptors (Lipinski definition) is 5. The number of pyridine rings is 3. The van der Waals surface area contributed by atoms with Crippen molar-refractivity contribution in [2.75, 3.05) is 11.9 Å². The Morgan fingerprint density at radius 3 is 2.62 bits per heavy atom. The van der Waals surface area contributed by atoms with E-state index in [1.807, 2.05) is 38.1 Å². The van der Waals surface area contributed by atoms with E-state index in [0.29, 0.717) is 24.0 Å². The van der Waals surface area contributed by atoms with E-state index in [4.69, 9.17) is 4.74 Å². The van der Waals surface area contributed by atoms with E-state index in [0.717, 1.165) is 16.8 Å². The van der Waals surface area contributed by atoms with Crippen molar-refractivity contribution in [3.63, 3.8) is 0 Å². The number of nitrogens with one attached hydrogen (secondary N) is 1. The first-order chi connectivity index (χ1) is 11.7. The molecule has 6 heteroatoms. The molecular formula is C18H17FN4O. The Morgan fingerprint density at radius 2 is 1.92 bits per heavy atom. The highest BCUT2D eigenvalue weighted by Gasteiger charge is 2.10. The van der Waals surface area contributed by atoms with Crippen molar-refractivity contribution in [3.05, 3.63) is 60.4 Å². The zero-order valence-electron chi connectivity index (χ0n) is 13.5. The van der Waals surface area contributed by atoms with Gasteiger partial charge in [0.1, 0.15) is 5.82 Å². The fourth-order valence-electron chi connectivity index (χ4n) is 2.24. The van der Waals surface area contributed by atoms with Crippen LogP contribution in [0.1, 0.15) is 12.6 Å². The number of anilines is 2. The topological polar surface area (TPSA) is 59.9 Å². The lowest BCUT2D eigenvalue weighted by atomic mass is 10.1. The number of aromatic nitrogens is 3. The van der Waals surface area contributed by atoms with Crippen molar-refractivity contribution in [1.82, 2.24) is 15.0 Å². The summed E-state index contributed by atoms with van der Waals surface area (Å²) in [5, 5.41) is 3.16. The Hall–Kier alpha value is -3.02. The van der Waals surface area contributed by atoms with Gasteiger partial charge in [0, 0.05) is 29.2 Å². The van der Waals surface area contributed by atoms with Crippen LogP contribution in [-0.4, -0.2) is 21.6 Å². The van der Waals surface area contributed by atoms with Crippen molar-refractivity contribution in [2.24, 2.45) is 0 Å². The molecule has 0 spiro atoms. The Kier molecular flexibility index (Phi) is 4.65. The van der Waals surface area contributed by atoms with Crippen molar-refractivity contribution in [1.29, 1.82) is 0 Å². The molecule has 122 valence electrons. The molecule has 5 nitrogen and oxygen atoms in total. The van der Waals surface area contributed by atoms with Crippen LogP contribution < -0.4 is 10.1 Å². The van der Waals surface area contributed by atoms with Gasteiger partial charge < -0.3 is 10.1 Å². The maximum Gasteiger partial charge on any atom is 0.212 e. The van der Waals surface area contributed by atoms with Crippen LogP contribution in [0.3, 0.4) is 0 Å². The summed E-state index contributed by atoms with van der Waals surface area (Å²) in [7, 11) is 0. The van der Waals surface area contributed by atoms with Gasteiger partial charge in [-0.15, -0.1) is 0 Å². The second kappa shape index (κ2) is 7.04. The molecule has 0 saturated carbocycles. The molecule has 0 aliphatic carbocycles. The minimum atomic E-state index is -0.513. The monoisotopic (exact) mass is 324 g/mol. The predicted octanol–water partition coefficient (Wildman–Crippen LogP) is 4.13. The Morgan fingerprint density at radius 1 is 1.08 bits per heavy atom. The van der Waals surface area contributed by atoms with Gasteiger partial charge >= 0.3 is 0 Å². The summed E-state index contributed by atoms with van der Waals surface area (Å²) in [5.41, 5.74) is 2.48. The molecule has 0 saturated heterocycles. The molecule has 3 rings (SSSR count). The van der Waals surface area contributed by atoms with Crippen molar-refractivity contribution in [2.45, 2.75) is 13.8 Å². The lowest BCUT2D eigenvalue weighted by molar-refractivity contribution is 0.341. The maximum absolute atomic E-state index is 13.0. The van der Waals surface area contributed by atoms with E-state index < -0.39 is 5.95 Å². The number of nitrogens with zero attached hydrogens (tertiary/aromatic N) is 3. The summed E-state index contributed by atoms with van der Waals surface area (Å²) in [4.78, 5) is 12.5. The molecule has 24 heavy (non-hydrogen) atoms. The Bertz CT molecular complexity index is 837. The standard InChI is InChI=1S/C18H17FN4O/c1-3-24-15-9-14(13-7-8-16(19)20-10-13)11-21-18(15)23-17-6-4-5-12(2)22-17/h4-11H,3H2,1-2H3,(H,21,22,23). The third-order valence-electron chi connectivity index (χ3n) is 3.35. The second-order valence-electron chi connectivity index (χ2n) is 5.16. The summed E-state index contributed by atoms with van der Waals surface area (Å²) in [6.45, 7) is 4.33. The molecule has 0 atom stereocenters. The molecule has 3 heterocycles. The minimum absolute atomic E-state index is 0.503. The quantitative estimate of drug-likeness (QED) is 0.715. The van der Waals surface area contributed by atoms with Crippen LogP contribution >= 0.6 is 0 Å². The molecule has 0 bridgehead atoms. The van der Waals surface area contributed by atoms with Crippen molar-refractivity contribution < 1.29 is 9.13 Å². The third-order valence-corrected chi connectivity index (χ3v) is 3.35. The highest BCUT2D eigenvalue weighted by Crippen LogP contribution is 2.30. The minimum Gasteiger partial charge on any atom is -0.490 e. The van der Waals surface area contributed by atoms with Gasteiger partial charge in [0.05, 0.1) is 6.61 Å². The summed E-state index contributed by atoms with van der Waals surface area (Å²) >= 11 is 0. The van der Waals surface area contributed by atoms with Gasteiger partial charge in [0.15, 0.2) is 11.6 Å². The molecule has 1 N–H and O–H groups in total. The van der Waals surface area contributed by atoms with E-state index in [9.17, 15) is 4.39 Å². The van der Waals surface area contributed by atoms with E-state index in [1.54, 1.807) is 12.3 Å². The highest BCUT2D eigenvalue weighted by molar-refractivity contribution is 5.69. The summed E-state index contributed by atoms with van der Waals surface area (Å²) < 4.78 is 18.7. The number of hydrogen-bond donors (Lipinski definition) is 1. The summed E-state index contributed by atoms with van der Waals surface area (Å²) in [6, 6.07) is 10.5. The van der Waals surface area contributed by atoms with Crippen LogP contribution in [0.5, 0.6) is 5.75 Å². The largest absolute Gasteiger partial charge is 0.490 e. The van der Waals surface area contributed by atoms with E-state index >= 15 is 0 Å². The van der Waals surface area contributed by atoms with Gasteiger partial charge in [-0.3, -0.25) is 0 Å². The van der Waals surface area contributed by atoms with Crippen molar-refractivity contribution in [3.8, 4) is 16.9 Å². The third kappa shape index (κ3) is 3.65. The molecule has 3 aromatic heterocycles. The molecule has 0 amide bonds. The second-order valence-corrected chi connectivity index (χ2v) is 5.16. The normalized spacial score (nSPS) is 10.5. The molecular weight excluding hydrogens is 307 g/mol. The lowest BCUT2D eigenvalue weighted by Gasteiger charge is -2.13. The molecule has 0 aliphatic rings. The van der Waals surface area contributed by atoms with Crippen LogP contribution in [-0.2, 0) is 0 Å². The SMILES string of the molecule is CCOc1cc(-c2ccc(F)nc2)cnc1Nc1cccc(C)n1. The number of aryl methyl sites for hydroxylation is 1. The average molecular weight is 324 g/mol. The lowest BCUT2D eigenvalue weighted by Crippen LogP contribution is -2.02. The highest BCUT2D eigenvalue weighted by atomic mass is 19.1. The van der Waals surface area contributed by atoms with Crippen molar-refractivity contribution >= 4 is 11.6 Å². The Labute approximate surface area is 139 Å². The van der Waals surface area contributed by atoms with Crippen LogP contribution in [0.4, 0.5) is 16.0 Å². The number of halogens is 1. The smallest absolute Gasteiger partial charge is 0.212 e. The first-order valence-corrected chi connectivity index (χ1v) is 7.61. The van der Waals surface area contributed by atoms with E-state index in [2.05, 4.69) is 20.3 Å².